The molecule has 4 aromatic rings. The van der Waals surface area contributed by atoms with Crippen molar-refractivity contribution in [2.24, 2.45) is 0 Å². The Labute approximate surface area is 169 Å². The second kappa shape index (κ2) is 6.35. The highest BCUT2D eigenvalue weighted by atomic mass is 15.3. The Balaban J connectivity index is 1.55. The predicted octanol–water partition coefficient (Wildman–Crippen LogP) is 5.74. The monoisotopic (exact) mass is 373 g/mol. The van der Waals surface area contributed by atoms with Crippen LogP contribution in [0.15, 0.2) is 103 Å². The number of rotatable bonds is 2. The molecule has 138 valence electrons. The van der Waals surface area contributed by atoms with E-state index in [1.54, 1.807) is 0 Å². The molecule has 0 radical (unpaired) electrons. The number of aromatic nitrogens is 1. The van der Waals surface area contributed by atoms with Gasteiger partial charge in [-0.05, 0) is 35.4 Å². The van der Waals surface area contributed by atoms with Crippen molar-refractivity contribution in [3.63, 3.8) is 0 Å². The van der Waals surface area contributed by atoms with E-state index in [2.05, 4.69) is 101 Å². The first-order chi connectivity index (χ1) is 14.4. The first-order valence-corrected chi connectivity index (χ1v) is 9.87. The van der Waals surface area contributed by atoms with E-state index in [9.17, 15) is 0 Å². The first-order valence-electron chi connectivity index (χ1n) is 9.87. The van der Waals surface area contributed by atoms with Crippen LogP contribution in [0, 0.1) is 0 Å². The Hall–Kier alpha value is -3.85. The van der Waals surface area contributed by atoms with Crippen LogP contribution >= 0.6 is 0 Å². The summed E-state index contributed by atoms with van der Waals surface area (Å²) in [5.41, 5.74) is 7.86. The quantitative estimate of drug-likeness (QED) is 0.486. The van der Waals surface area contributed by atoms with Crippen molar-refractivity contribution in [3.05, 3.63) is 120 Å². The van der Waals surface area contributed by atoms with Gasteiger partial charge in [0.05, 0.1) is 28.3 Å². The van der Waals surface area contributed by atoms with Gasteiger partial charge in [0.2, 0.25) is 0 Å². The van der Waals surface area contributed by atoms with Crippen LogP contribution in [0.5, 0.6) is 0 Å². The minimum Gasteiger partial charge on any atom is -0.358 e. The van der Waals surface area contributed by atoms with Crippen LogP contribution < -0.4 is 10.2 Å². The smallest absolute Gasteiger partial charge is 0.130 e. The van der Waals surface area contributed by atoms with E-state index >= 15 is 0 Å². The molecule has 0 fully saturated rings. The third-order valence-electron chi connectivity index (χ3n) is 5.64. The average molecular weight is 373 g/mol. The lowest BCUT2D eigenvalue weighted by atomic mass is 10.0. The number of fused-ring (bicyclic) bond motifs is 4. The zero-order valence-corrected chi connectivity index (χ0v) is 15.8. The van der Waals surface area contributed by atoms with Gasteiger partial charge in [0.25, 0.3) is 0 Å². The van der Waals surface area contributed by atoms with Gasteiger partial charge in [0.15, 0.2) is 0 Å². The lowest BCUT2D eigenvalue weighted by molar-refractivity contribution is 0.667. The maximum atomic E-state index is 4.95. The molecule has 1 atom stereocenters. The number of anilines is 1. The maximum absolute atomic E-state index is 4.95. The molecule has 6 rings (SSSR count). The number of benzene rings is 3. The van der Waals surface area contributed by atoms with Gasteiger partial charge in [-0.1, -0.05) is 78.9 Å². The SMILES string of the molecule is C1=Cc2ccccc2N2C1=C(c1ccc3ccccc3n1)NC2c1ccccc1. The summed E-state index contributed by atoms with van der Waals surface area (Å²) < 4.78 is 0. The molecule has 3 heteroatoms. The third kappa shape index (κ3) is 2.55. The second-order valence-electron chi connectivity index (χ2n) is 7.37. The summed E-state index contributed by atoms with van der Waals surface area (Å²) in [5, 5.41) is 4.92. The zero-order chi connectivity index (χ0) is 19.2. The molecule has 0 aliphatic carbocycles. The maximum Gasteiger partial charge on any atom is 0.130 e. The van der Waals surface area contributed by atoms with Crippen LogP contribution in [0.4, 0.5) is 5.69 Å². The fraction of sp³-hybridized carbons (Fsp3) is 0.0385. The fourth-order valence-corrected chi connectivity index (χ4v) is 4.26. The van der Waals surface area contributed by atoms with Gasteiger partial charge in [-0.2, -0.15) is 0 Å². The summed E-state index contributed by atoms with van der Waals surface area (Å²) in [6.07, 6.45) is 4.42. The minimum absolute atomic E-state index is 0.0283. The Kier molecular flexibility index (Phi) is 3.53. The van der Waals surface area contributed by atoms with Crippen LogP contribution in [-0.4, -0.2) is 4.98 Å². The van der Waals surface area contributed by atoms with E-state index < -0.39 is 0 Å². The molecule has 3 nitrogen and oxygen atoms in total. The van der Waals surface area contributed by atoms with Crippen LogP contribution in [0.1, 0.15) is 23.0 Å². The molecule has 2 aliphatic heterocycles. The van der Waals surface area contributed by atoms with Gasteiger partial charge in [0, 0.05) is 5.39 Å². The lowest BCUT2D eigenvalue weighted by Crippen LogP contribution is -2.30. The van der Waals surface area contributed by atoms with Crippen LogP contribution in [-0.2, 0) is 0 Å². The Morgan fingerprint density at radius 1 is 0.724 bits per heavy atom. The number of hydrogen-bond donors (Lipinski definition) is 1. The minimum atomic E-state index is 0.0283. The van der Waals surface area contributed by atoms with Crippen molar-refractivity contribution < 1.29 is 0 Å². The molecule has 0 saturated carbocycles. The highest BCUT2D eigenvalue weighted by molar-refractivity contribution is 5.88. The molecule has 0 spiro atoms. The Bertz CT molecular complexity index is 1290. The van der Waals surface area contributed by atoms with Gasteiger partial charge >= 0.3 is 0 Å². The van der Waals surface area contributed by atoms with Gasteiger partial charge in [-0.3, -0.25) is 0 Å². The van der Waals surface area contributed by atoms with E-state index in [1.807, 2.05) is 12.1 Å². The molecule has 3 heterocycles. The standard InChI is InChI=1S/C26H19N3/c1-2-10-20(11-3-1)26-28-25(22-16-14-18-8-4-6-12-21(18)27-22)24-17-15-19-9-5-7-13-23(19)29(24)26/h1-17,26,28H. The first kappa shape index (κ1) is 16.1. The van der Waals surface area contributed by atoms with E-state index in [0.29, 0.717) is 0 Å². The average Bonchev–Trinajstić information content (AvgIpc) is 3.20. The van der Waals surface area contributed by atoms with Crippen LogP contribution in [0.25, 0.3) is 22.7 Å². The van der Waals surface area contributed by atoms with E-state index in [0.717, 1.165) is 28.0 Å². The Morgan fingerprint density at radius 2 is 1.52 bits per heavy atom. The van der Waals surface area contributed by atoms with Crippen molar-refractivity contribution in [3.8, 4) is 0 Å². The number of para-hydroxylation sites is 2. The van der Waals surface area contributed by atoms with Crippen molar-refractivity contribution in [2.75, 3.05) is 4.90 Å². The molecule has 1 N–H and O–H groups in total. The number of pyridine rings is 1. The van der Waals surface area contributed by atoms with E-state index in [4.69, 9.17) is 4.98 Å². The van der Waals surface area contributed by atoms with Gasteiger partial charge in [0.1, 0.15) is 6.17 Å². The summed E-state index contributed by atoms with van der Waals surface area (Å²) >= 11 is 0. The third-order valence-corrected chi connectivity index (χ3v) is 5.64. The number of allylic oxidation sites excluding steroid dienone is 1. The summed E-state index contributed by atoms with van der Waals surface area (Å²) in [4.78, 5) is 7.34. The van der Waals surface area contributed by atoms with E-state index in [1.165, 1.54) is 16.8 Å². The van der Waals surface area contributed by atoms with Crippen molar-refractivity contribution in [1.82, 2.24) is 10.3 Å². The van der Waals surface area contributed by atoms with Crippen molar-refractivity contribution in [2.45, 2.75) is 6.17 Å². The number of nitrogens with zero attached hydrogens (tertiary/aromatic N) is 2. The molecule has 0 bridgehead atoms. The molecular formula is C26H19N3. The summed E-state index contributed by atoms with van der Waals surface area (Å²) in [7, 11) is 0. The number of nitrogens with one attached hydrogen (secondary N) is 1. The molecule has 3 aromatic carbocycles. The highest BCUT2D eigenvalue weighted by Crippen LogP contribution is 2.43. The molecular weight excluding hydrogens is 354 g/mol. The molecule has 1 unspecified atom stereocenters. The molecule has 0 amide bonds. The molecule has 0 saturated heterocycles. The van der Waals surface area contributed by atoms with Crippen LogP contribution in [0.2, 0.25) is 0 Å². The summed E-state index contributed by atoms with van der Waals surface area (Å²) in [6.45, 7) is 0. The Morgan fingerprint density at radius 3 is 2.45 bits per heavy atom. The summed E-state index contributed by atoms with van der Waals surface area (Å²) in [6, 6.07) is 31.6. The molecule has 1 aromatic heterocycles. The normalized spacial score (nSPS) is 17.2. The van der Waals surface area contributed by atoms with Gasteiger partial charge < -0.3 is 10.2 Å². The van der Waals surface area contributed by atoms with Gasteiger partial charge in [-0.25, -0.2) is 4.98 Å². The predicted molar refractivity (Wildman–Crippen MR) is 119 cm³/mol. The van der Waals surface area contributed by atoms with Crippen molar-refractivity contribution in [1.29, 1.82) is 0 Å². The molecule has 29 heavy (non-hydrogen) atoms. The fourth-order valence-electron chi connectivity index (χ4n) is 4.26. The molecule has 2 aliphatic rings. The van der Waals surface area contributed by atoms with Gasteiger partial charge in [-0.15, -0.1) is 0 Å². The lowest BCUT2D eigenvalue weighted by Gasteiger charge is -2.32. The van der Waals surface area contributed by atoms with Crippen molar-refractivity contribution >= 4 is 28.4 Å². The topological polar surface area (TPSA) is 28.2 Å². The summed E-state index contributed by atoms with van der Waals surface area (Å²) in [5.74, 6) is 0. The van der Waals surface area contributed by atoms with E-state index in [-0.39, 0.29) is 6.17 Å². The second-order valence-corrected chi connectivity index (χ2v) is 7.37. The van der Waals surface area contributed by atoms with Crippen LogP contribution in [0.3, 0.4) is 0 Å². The largest absolute Gasteiger partial charge is 0.358 e. The highest BCUT2D eigenvalue weighted by Gasteiger charge is 2.35. The zero-order valence-electron chi connectivity index (χ0n) is 15.8. The number of hydrogen-bond acceptors (Lipinski definition) is 3.